The van der Waals surface area contributed by atoms with Crippen LogP contribution in [0.2, 0.25) is 0 Å². The summed E-state index contributed by atoms with van der Waals surface area (Å²) in [5, 5.41) is 4.44. The van der Waals surface area contributed by atoms with Gasteiger partial charge in [0.05, 0.1) is 17.3 Å². The van der Waals surface area contributed by atoms with E-state index in [2.05, 4.69) is 10.0 Å². The topological polar surface area (TPSA) is 102 Å². The number of aryl methyl sites for hydroxylation is 2. The molecule has 0 bridgehead atoms. The Morgan fingerprint density at radius 2 is 1.78 bits per heavy atom. The second kappa shape index (κ2) is 9.97. The Kier molecular flexibility index (Phi) is 7.32. The smallest absolute Gasteiger partial charge is 0.340 e. The fourth-order valence-electron chi connectivity index (χ4n) is 2.97. The van der Waals surface area contributed by atoms with E-state index in [1.54, 1.807) is 23.6 Å². The molecule has 9 heteroatoms. The van der Waals surface area contributed by atoms with Crippen LogP contribution in [0.1, 0.15) is 40.0 Å². The number of ether oxygens (including phenoxy) is 1. The van der Waals surface area contributed by atoms with E-state index in [1.165, 1.54) is 18.2 Å². The molecular formula is C23H24N2O5S2. The number of thiophene rings is 1. The van der Waals surface area contributed by atoms with E-state index in [0.29, 0.717) is 0 Å². The van der Waals surface area contributed by atoms with Gasteiger partial charge in [-0.1, -0.05) is 36.4 Å². The summed E-state index contributed by atoms with van der Waals surface area (Å²) in [6.45, 7) is 5.37. The summed E-state index contributed by atoms with van der Waals surface area (Å²) < 4.78 is 32.6. The molecule has 2 N–H and O–H groups in total. The fourth-order valence-corrected chi connectivity index (χ4v) is 5.04. The first kappa shape index (κ1) is 23.5. The SMILES string of the molecule is Cc1ccc(C(C)NC(=O)COC(=O)c2ccccc2NS(=O)(=O)c2cccs2)cc1C. The number of carbonyl (C=O) groups is 2. The zero-order valence-electron chi connectivity index (χ0n) is 17.9. The van der Waals surface area contributed by atoms with Gasteiger partial charge in [0.1, 0.15) is 4.21 Å². The van der Waals surface area contributed by atoms with Gasteiger partial charge in [0.15, 0.2) is 6.61 Å². The molecule has 1 aromatic heterocycles. The summed E-state index contributed by atoms with van der Waals surface area (Å²) in [7, 11) is -3.83. The summed E-state index contributed by atoms with van der Waals surface area (Å²) in [6, 6.07) is 14.8. The van der Waals surface area contributed by atoms with Crippen molar-refractivity contribution in [1.29, 1.82) is 0 Å². The minimum atomic E-state index is -3.83. The number of nitrogens with one attached hydrogen (secondary N) is 2. The number of sulfonamides is 1. The van der Waals surface area contributed by atoms with Gasteiger partial charge in [-0.2, -0.15) is 0 Å². The normalized spacial score (nSPS) is 12.1. The Labute approximate surface area is 191 Å². The van der Waals surface area contributed by atoms with E-state index in [1.807, 2.05) is 39.0 Å². The van der Waals surface area contributed by atoms with Crippen LogP contribution in [-0.4, -0.2) is 26.9 Å². The lowest BCUT2D eigenvalue weighted by molar-refractivity contribution is -0.124. The molecule has 32 heavy (non-hydrogen) atoms. The highest BCUT2D eigenvalue weighted by Crippen LogP contribution is 2.23. The van der Waals surface area contributed by atoms with Crippen molar-refractivity contribution < 1.29 is 22.7 Å². The predicted octanol–water partition coefficient (Wildman–Crippen LogP) is 4.20. The van der Waals surface area contributed by atoms with Gasteiger partial charge in [-0.25, -0.2) is 13.2 Å². The Morgan fingerprint density at radius 3 is 2.47 bits per heavy atom. The van der Waals surface area contributed by atoms with E-state index in [-0.39, 0.29) is 21.5 Å². The minimum Gasteiger partial charge on any atom is -0.452 e. The van der Waals surface area contributed by atoms with Crippen LogP contribution in [-0.2, 0) is 19.6 Å². The highest BCUT2D eigenvalue weighted by atomic mass is 32.2. The highest BCUT2D eigenvalue weighted by molar-refractivity contribution is 7.94. The molecular weight excluding hydrogens is 448 g/mol. The van der Waals surface area contributed by atoms with Gasteiger partial charge in [-0.15, -0.1) is 11.3 Å². The van der Waals surface area contributed by atoms with Gasteiger partial charge in [0, 0.05) is 0 Å². The van der Waals surface area contributed by atoms with Crippen LogP contribution in [0.5, 0.6) is 0 Å². The predicted molar refractivity (Wildman–Crippen MR) is 124 cm³/mol. The van der Waals surface area contributed by atoms with Crippen molar-refractivity contribution in [3.63, 3.8) is 0 Å². The Bertz CT molecular complexity index is 1220. The van der Waals surface area contributed by atoms with Crippen LogP contribution in [0.15, 0.2) is 64.2 Å². The van der Waals surface area contributed by atoms with Crippen molar-refractivity contribution in [1.82, 2.24) is 5.32 Å². The second-order valence-corrected chi connectivity index (χ2v) is 10.1. The van der Waals surface area contributed by atoms with E-state index in [9.17, 15) is 18.0 Å². The third-order valence-electron chi connectivity index (χ3n) is 4.89. The number of para-hydroxylation sites is 1. The summed E-state index contributed by atoms with van der Waals surface area (Å²) in [5.41, 5.74) is 3.32. The van der Waals surface area contributed by atoms with Crippen LogP contribution < -0.4 is 10.0 Å². The molecule has 0 spiro atoms. The lowest BCUT2D eigenvalue weighted by Gasteiger charge is -2.16. The third kappa shape index (κ3) is 5.74. The first-order valence-electron chi connectivity index (χ1n) is 9.86. The average Bonchev–Trinajstić information content (AvgIpc) is 3.30. The minimum absolute atomic E-state index is 0.0163. The standard InChI is InChI=1S/C23H24N2O5S2/c1-15-10-11-18(13-16(15)2)17(3)24-21(26)14-30-23(27)19-7-4-5-8-20(19)25-32(28,29)22-9-6-12-31-22/h4-13,17,25H,14H2,1-3H3,(H,24,26). The van der Waals surface area contributed by atoms with Gasteiger partial charge in [0.25, 0.3) is 15.9 Å². The van der Waals surface area contributed by atoms with Gasteiger partial charge >= 0.3 is 5.97 Å². The maximum absolute atomic E-state index is 12.5. The third-order valence-corrected chi connectivity index (χ3v) is 7.66. The number of anilines is 1. The molecule has 1 atom stereocenters. The van der Waals surface area contributed by atoms with Crippen molar-refractivity contribution in [2.75, 3.05) is 11.3 Å². The Balaban J connectivity index is 1.62. The quantitative estimate of drug-likeness (QED) is 0.479. The molecule has 0 saturated heterocycles. The van der Waals surface area contributed by atoms with Crippen molar-refractivity contribution in [2.24, 2.45) is 0 Å². The van der Waals surface area contributed by atoms with Crippen LogP contribution in [0, 0.1) is 13.8 Å². The zero-order chi connectivity index (χ0) is 23.3. The van der Waals surface area contributed by atoms with Crippen molar-refractivity contribution in [2.45, 2.75) is 31.0 Å². The van der Waals surface area contributed by atoms with Crippen LogP contribution in [0.3, 0.4) is 0 Å². The molecule has 3 rings (SSSR count). The lowest BCUT2D eigenvalue weighted by atomic mass is 10.0. The Hall–Kier alpha value is -3.17. The first-order chi connectivity index (χ1) is 15.2. The highest BCUT2D eigenvalue weighted by Gasteiger charge is 2.21. The zero-order valence-corrected chi connectivity index (χ0v) is 19.5. The summed E-state index contributed by atoms with van der Waals surface area (Å²) >= 11 is 1.06. The molecule has 0 fully saturated rings. The molecule has 3 aromatic rings. The van der Waals surface area contributed by atoms with Gasteiger partial charge in [-0.05, 0) is 61.0 Å². The number of esters is 1. The van der Waals surface area contributed by atoms with E-state index in [4.69, 9.17) is 4.74 Å². The maximum atomic E-state index is 12.5. The molecule has 168 valence electrons. The molecule has 7 nitrogen and oxygen atoms in total. The molecule has 1 heterocycles. The number of benzene rings is 2. The molecule has 1 amide bonds. The summed E-state index contributed by atoms with van der Waals surface area (Å²) in [4.78, 5) is 24.8. The molecule has 1 unspecified atom stereocenters. The monoisotopic (exact) mass is 472 g/mol. The van der Waals surface area contributed by atoms with Crippen molar-refractivity contribution in [3.8, 4) is 0 Å². The number of amides is 1. The molecule has 0 aliphatic heterocycles. The largest absolute Gasteiger partial charge is 0.452 e. The van der Waals surface area contributed by atoms with Crippen molar-refractivity contribution in [3.05, 3.63) is 82.2 Å². The molecule has 0 aliphatic rings. The van der Waals surface area contributed by atoms with Gasteiger partial charge in [-0.3, -0.25) is 9.52 Å². The van der Waals surface area contributed by atoms with E-state index < -0.39 is 28.5 Å². The van der Waals surface area contributed by atoms with E-state index >= 15 is 0 Å². The number of hydrogen-bond acceptors (Lipinski definition) is 6. The Morgan fingerprint density at radius 1 is 1.03 bits per heavy atom. The van der Waals surface area contributed by atoms with Gasteiger partial charge in [0.2, 0.25) is 0 Å². The van der Waals surface area contributed by atoms with Crippen LogP contribution >= 0.6 is 11.3 Å². The van der Waals surface area contributed by atoms with Crippen LogP contribution in [0.25, 0.3) is 0 Å². The lowest BCUT2D eigenvalue weighted by Crippen LogP contribution is -2.31. The second-order valence-electron chi connectivity index (χ2n) is 7.29. The van der Waals surface area contributed by atoms with E-state index in [0.717, 1.165) is 28.0 Å². The number of carbonyl (C=O) groups excluding carboxylic acids is 2. The molecule has 0 radical (unpaired) electrons. The molecule has 0 saturated carbocycles. The molecule has 0 aliphatic carbocycles. The fraction of sp³-hybridized carbons (Fsp3) is 0.217. The summed E-state index contributed by atoms with van der Waals surface area (Å²) in [6.07, 6.45) is 0. The average molecular weight is 473 g/mol. The number of rotatable bonds is 8. The maximum Gasteiger partial charge on any atom is 0.340 e. The van der Waals surface area contributed by atoms with Crippen molar-refractivity contribution >= 4 is 38.9 Å². The first-order valence-corrected chi connectivity index (χ1v) is 12.2. The molecule has 2 aromatic carbocycles. The number of hydrogen-bond donors (Lipinski definition) is 2. The van der Waals surface area contributed by atoms with Crippen LogP contribution in [0.4, 0.5) is 5.69 Å². The summed E-state index contributed by atoms with van der Waals surface area (Å²) in [5.74, 6) is -1.26. The van der Waals surface area contributed by atoms with Gasteiger partial charge < -0.3 is 10.1 Å².